The second kappa shape index (κ2) is 8.51. The molecule has 0 spiro atoms. The molecule has 8 nitrogen and oxygen atoms in total. The van der Waals surface area contributed by atoms with Crippen LogP contribution in [0.1, 0.15) is 35.3 Å². The zero-order valence-corrected chi connectivity index (χ0v) is 18.4. The highest BCUT2D eigenvalue weighted by Gasteiger charge is 2.23. The van der Waals surface area contributed by atoms with E-state index in [9.17, 15) is 14.4 Å². The van der Waals surface area contributed by atoms with Gasteiger partial charge in [-0.1, -0.05) is 18.2 Å². The van der Waals surface area contributed by atoms with Crippen LogP contribution in [0, 0.1) is 0 Å². The van der Waals surface area contributed by atoms with E-state index in [0.717, 1.165) is 16.9 Å². The number of ether oxygens (including phenoxy) is 1. The number of carbonyl (C=O) groups is 2. The Hall–Kier alpha value is -3.98. The van der Waals surface area contributed by atoms with E-state index < -0.39 is 11.5 Å². The summed E-state index contributed by atoms with van der Waals surface area (Å²) >= 11 is 1.25. The van der Waals surface area contributed by atoms with E-state index in [1.54, 1.807) is 24.3 Å². The summed E-state index contributed by atoms with van der Waals surface area (Å²) in [6.07, 6.45) is 0.683. The molecule has 2 aromatic heterocycles. The molecule has 4 aromatic rings. The second-order valence-corrected chi connectivity index (χ2v) is 8.48. The van der Waals surface area contributed by atoms with Crippen molar-refractivity contribution in [1.82, 2.24) is 10.3 Å². The third-order valence-corrected chi connectivity index (χ3v) is 6.09. The third-order valence-electron chi connectivity index (χ3n) is 5.33. The van der Waals surface area contributed by atoms with Crippen LogP contribution < -0.4 is 21.0 Å². The lowest BCUT2D eigenvalue weighted by molar-refractivity contribution is -0.119. The number of amides is 2. The molecule has 0 saturated heterocycles. The Morgan fingerprint density at radius 3 is 2.85 bits per heavy atom. The van der Waals surface area contributed by atoms with Crippen molar-refractivity contribution in [2.45, 2.75) is 19.4 Å². The normalized spacial score (nSPS) is 14.9. The predicted octanol–water partition coefficient (Wildman–Crippen LogP) is 4.13. The number of thiazole rings is 1. The molecule has 2 aromatic carbocycles. The first-order valence-corrected chi connectivity index (χ1v) is 11.2. The fraction of sp³-hybridized carbons (Fsp3) is 0.167. The van der Waals surface area contributed by atoms with Crippen LogP contribution in [0.5, 0.6) is 5.75 Å². The number of benzene rings is 2. The number of hydrogen-bond acceptors (Lipinski definition) is 7. The first-order valence-electron chi connectivity index (χ1n) is 10.3. The molecule has 0 fully saturated rings. The van der Waals surface area contributed by atoms with Crippen molar-refractivity contribution in [3.63, 3.8) is 0 Å². The maximum atomic E-state index is 12.7. The summed E-state index contributed by atoms with van der Waals surface area (Å²) in [5.74, 6) is 0.0468. The number of fused-ring (bicyclic) bond motifs is 2. The van der Waals surface area contributed by atoms with Gasteiger partial charge in [-0.05, 0) is 30.3 Å². The van der Waals surface area contributed by atoms with Crippen LogP contribution in [0.4, 0.5) is 5.13 Å². The van der Waals surface area contributed by atoms with Crippen molar-refractivity contribution in [3.8, 4) is 17.0 Å². The van der Waals surface area contributed by atoms with Crippen molar-refractivity contribution < 1.29 is 18.7 Å². The van der Waals surface area contributed by atoms with Gasteiger partial charge < -0.3 is 14.5 Å². The lowest BCUT2D eigenvalue weighted by Gasteiger charge is -2.26. The van der Waals surface area contributed by atoms with Crippen LogP contribution in [0.2, 0.25) is 0 Å². The first kappa shape index (κ1) is 20.9. The third kappa shape index (κ3) is 4.22. The van der Waals surface area contributed by atoms with E-state index in [0.29, 0.717) is 34.8 Å². The summed E-state index contributed by atoms with van der Waals surface area (Å²) in [7, 11) is 0. The summed E-state index contributed by atoms with van der Waals surface area (Å²) < 4.78 is 11.0. The monoisotopic (exact) mass is 461 g/mol. The molecule has 9 heteroatoms. The molecule has 0 bridgehead atoms. The molecule has 1 aliphatic rings. The molecule has 166 valence electrons. The zero-order chi connectivity index (χ0) is 22.9. The van der Waals surface area contributed by atoms with Gasteiger partial charge in [0.15, 0.2) is 5.13 Å². The van der Waals surface area contributed by atoms with Crippen molar-refractivity contribution in [3.05, 3.63) is 75.5 Å². The number of nitrogens with zero attached hydrogens (tertiary/aromatic N) is 1. The van der Waals surface area contributed by atoms with E-state index in [1.807, 2.05) is 23.6 Å². The lowest BCUT2D eigenvalue weighted by atomic mass is 9.97. The molecule has 1 unspecified atom stereocenters. The Kier molecular flexibility index (Phi) is 5.39. The van der Waals surface area contributed by atoms with E-state index in [2.05, 4.69) is 15.6 Å². The van der Waals surface area contributed by atoms with E-state index >= 15 is 0 Å². The SMILES string of the molecule is CC(=O)NC1CCOc2ccc(-c3csc(NC(=O)c4cc5ccccc5oc4=O)n3)cc21. The zero-order valence-electron chi connectivity index (χ0n) is 17.6. The molecule has 0 aliphatic carbocycles. The Morgan fingerprint density at radius 1 is 1.15 bits per heavy atom. The predicted molar refractivity (Wildman–Crippen MR) is 125 cm³/mol. The van der Waals surface area contributed by atoms with Gasteiger partial charge in [0.05, 0.1) is 18.3 Å². The molecular formula is C24H19N3O5S. The maximum Gasteiger partial charge on any atom is 0.349 e. The first-order chi connectivity index (χ1) is 16.0. The van der Waals surface area contributed by atoms with Gasteiger partial charge in [-0.25, -0.2) is 9.78 Å². The quantitative estimate of drug-likeness (QED) is 0.442. The van der Waals surface area contributed by atoms with Crippen LogP contribution in [-0.2, 0) is 4.79 Å². The highest BCUT2D eigenvalue weighted by atomic mass is 32.1. The smallest absolute Gasteiger partial charge is 0.349 e. The number of para-hydroxylation sites is 1. The van der Waals surface area contributed by atoms with Crippen molar-refractivity contribution in [1.29, 1.82) is 0 Å². The highest BCUT2D eigenvalue weighted by Crippen LogP contribution is 2.36. The van der Waals surface area contributed by atoms with Gasteiger partial charge in [0.2, 0.25) is 5.91 Å². The van der Waals surface area contributed by atoms with Gasteiger partial charge >= 0.3 is 5.63 Å². The number of aromatic nitrogens is 1. The number of anilines is 1. The Bertz CT molecular complexity index is 1440. The minimum Gasteiger partial charge on any atom is -0.493 e. The Balaban J connectivity index is 1.39. The van der Waals surface area contributed by atoms with Gasteiger partial charge in [-0.15, -0.1) is 11.3 Å². The van der Waals surface area contributed by atoms with Gasteiger partial charge in [-0.2, -0.15) is 0 Å². The standard InChI is InChI=1S/C24H19N3O5S/c1-13(28)25-18-8-9-31-21-7-6-14(10-16(18)21)19-12-33-24(26-19)27-22(29)17-11-15-4-2-3-5-20(15)32-23(17)30/h2-7,10-12,18H,8-9H2,1H3,(H,25,28)(H,26,27,29). The van der Waals surface area contributed by atoms with Crippen LogP contribution in [0.15, 0.2) is 63.1 Å². The van der Waals surface area contributed by atoms with Gasteiger partial charge in [-0.3, -0.25) is 14.9 Å². The second-order valence-electron chi connectivity index (χ2n) is 7.62. The van der Waals surface area contributed by atoms with Crippen LogP contribution >= 0.6 is 11.3 Å². The Morgan fingerprint density at radius 2 is 2.00 bits per heavy atom. The van der Waals surface area contributed by atoms with Crippen molar-refractivity contribution >= 4 is 39.3 Å². The largest absolute Gasteiger partial charge is 0.493 e. The van der Waals surface area contributed by atoms with E-state index in [-0.39, 0.29) is 17.5 Å². The average molecular weight is 461 g/mol. The van der Waals surface area contributed by atoms with Gasteiger partial charge in [0.25, 0.3) is 5.91 Å². The number of nitrogens with one attached hydrogen (secondary N) is 2. The maximum absolute atomic E-state index is 12.7. The molecule has 3 heterocycles. The molecule has 2 N–H and O–H groups in total. The van der Waals surface area contributed by atoms with Crippen molar-refractivity contribution in [2.75, 3.05) is 11.9 Å². The number of carbonyl (C=O) groups excluding carboxylic acids is 2. The molecular weight excluding hydrogens is 442 g/mol. The van der Waals surface area contributed by atoms with Crippen LogP contribution in [0.25, 0.3) is 22.2 Å². The van der Waals surface area contributed by atoms with Crippen LogP contribution in [0.3, 0.4) is 0 Å². The summed E-state index contributed by atoms with van der Waals surface area (Å²) in [4.78, 5) is 41.0. The highest BCUT2D eigenvalue weighted by molar-refractivity contribution is 7.14. The molecule has 5 rings (SSSR count). The fourth-order valence-electron chi connectivity index (χ4n) is 3.80. The molecule has 0 saturated carbocycles. The van der Waals surface area contributed by atoms with Gasteiger partial charge in [0, 0.05) is 35.2 Å². The fourth-order valence-corrected chi connectivity index (χ4v) is 4.51. The average Bonchev–Trinajstić information content (AvgIpc) is 3.26. The van der Waals surface area contributed by atoms with Crippen LogP contribution in [-0.4, -0.2) is 23.4 Å². The summed E-state index contributed by atoms with van der Waals surface area (Å²) in [5, 5.41) is 8.46. The molecule has 2 amide bonds. The van der Waals surface area contributed by atoms with E-state index in [1.165, 1.54) is 24.3 Å². The molecule has 1 atom stereocenters. The van der Waals surface area contributed by atoms with E-state index in [4.69, 9.17) is 9.15 Å². The summed E-state index contributed by atoms with van der Waals surface area (Å²) in [6, 6.07) is 14.1. The summed E-state index contributed by atoms with van der Waals surface area (Å²) in [5.41, 5.74) is 2.01. The molecule has 33 heavy (non-hydrogen) atoms. The molecule has 1 aliphatic heterocycles. The molecule has 0 radical (unpaired) electrons. The Labute approximate surface area is 192 Å². The number of rotatable bonds is 4. The topological polar surface area (TPSA) is 111 Å². The van der Waals surface area contributed by atoms with Crippen molar-refractivity contribution in [2.24, 2.45) is 0 Å². The minimum atomic E-state index is -0.707. The minimum absolute atomic E-state index is 0.0884. The lowest BCUT2D eigenvalue weighted by Crippen LogP contribution is -2.30. The summed E-state index contributed by atoms with van der Waals surface area (Å²) in [6.45, 7) is 2.03. The van der Waals surface area contributed by atoms with Gasteiger partial charge in [0.1, 0.15) is 16.9 Å². The number of hydrogen-bond donors (Lipinski definition) is 2.